The van der Waals surface area contributed by atoms with Crippen LogP contribution >= 0.6 is 0 Å². The molecular weight excluding hydrogens is 320 g/mol. The van der Waals surface area contributed by atoms with E-state index in [4.69, 9.17) is 9.47 Å². The zero-order valence-corrected chi connectivity index (χ0v) is 14.8. The largest absolute Gasteiger partial charge is 0.497 e. The molecule has 2 aromatic carbocycles. The number of Topliss-reactive ketones (excluding diaryl/α,β-unsaturated/α-hetero) is 1. The lowest BCUT2D eigenvalue weighted by molar-refractivity contribution is -0.114. The van der Waals surface area contributed by atoms with Crippen LogP contribution in [0, 0.1) is 0 Å². The van der Waals surface area contributed by atoms with Crippen molar-refractivity contribution < 1.29 is 19.1 Å². The van der Waals surface area contributed by atoms with Crippen molar-refractivity contribution in [2.45, 2.75) is 19.9 Å². The van der Waals surface area contributed by atoms with Crippen molar-refractivity contribution in [1.82, 2.24) is 0 Å². The molecule has 132 valence electrons. The summed E-state index contributed by atoms with van der Waals surface area (Å²) in [7, 11) is 3.14. The van der Waals surface area contributed by atoms with Crippen molar-refractivity contribution >= 4 is 23.1 Å². The van der Waals surface area contributed by atoms with Gasteiger partial charge in [0.2, 0.25) is 5.91 Å². The number of ether oxygens (including phenoxy) is 2. The van der Waals surface area contributed by atoms with E-state index in [1.165, 1.54) is 6.92 Å². The minimum Gasteiger partial charge on any atom is -0.497 e. The Morgan fingerprint density at radius 3 is 2.24 bits per heavy atom. The third kappa shape index (κ3) is 4.73. The van der Waals surface area contributed by atoms with Crippen molar-refractivity contribution in [3.63, 3.8) is 0 Å². The summed E-state index contributed by atoms with van der Waals surface area (Å²) in [6.45, 7) is 3.22. The Kier molecular flexibility index (Phi) is 6.00. The van der Waals surface area contributed by atoms with Crippen LogP contribution < -0.4 is 20.1 Å². The maximum atomic E-state index is 12.6. The van der Waals surface area contributed by atoms with Gasteiger partial charge in [-0.15, -0.1) is 0 Å². The maximum absolute atomic E-state index is 12.6. The second kappa shape index (κ2) is 8.19. The molecule has 1 atom stereocenters. The van der Waals surface area contributed by atoms with Gasteiger partial charge in [0.05, 0.1) is 25.9 Å². The molecule has 6 nitrogen and oxygen atoms in total. The Hall–Kier alpha value is -3.02. The number of methoxy groups -OCH3 is 2. The van der Waals surface area contributed by atoms with Crippen LogP contribution in [0.15, 0.2) is 42.5 Å². The highest BCUT2D eigenvalue weighted by molar-refractivity contribution is 6.02. The first-order valence-corrected chi connectivity index (χ1v) is 7.85. The molecule has 0 aliphatic heterocycles. The van der Waals surface area contributed by atoms with E-state index in [2.05, 4.69) is 10.6 Å². The number of benzene rings is 2. The van der Waals surface area contributed by atoms with Gasteiger partial charge in [0, 0.05) is 24.2 Å². The SMILES string of the molecule is COc1ccc(N[C@@H](C)C(=O)c2ccc(NC(C)=O)cc2)c(OC)c1. The van der Waals surface area contributed by atoms with E-state index in [1.807, 2.05) is 0 Å². The number of carbonyl (C=O) groups is 2. The summed E-state index contributed by atoms with van der Waals surface area (Å²) in [6.07, 6.45) is 0. The van der Waals surface area contributed by atoms with Crippen LogP contribution in [0.3, 0.4) is 0 Å². The monoisotopic (exact) mass is 342 g/mol. The van der Waals surface area contributed by atoms with Gasteiger partial charge in [-0.1, -0.05) is 0 Å². The van der Waals surface area contributed by atoms with Gasteiger partial charge < -0.3 is 20.1 Å². The van der Waals surface area contributed by atoms with E-state index in [0.29, 0.717) is 28.4 Å². The molecular formula is C19H22N2O4. The van der Waals surface area contributed by atoms with Gasteiger partial charge in [-0.2, -0.15) is 0 Å². The van der Waals surface area contributed by atoms with Crippen LogP contribution in [0.2, 0.25) is 0 Å². The minimum atomic E-state index is -0.450. The fraction of sp³-hybridized carbons (Fsp3) is 0.263. The lowest BCUT2D eigenvalue weighted by Gasteiger charge is -2.17. The van der Waals surface area contributed by atoms with Crippen LogP contribution in [0.25, 0.3) is 0 Å². The van der Waals surface area contributed by atoms with E-state index in [0.717, 1.165) is 0 Å². The summed E-state index contributed by atoms with van der Waals surface area (Å²) >= 11 is 0. The maximum Gasteiger partial charge on any atom is 0.221 e. The van der Waals surface area contributed by atoms with Gasteiger partial charge in [0.15, 0.2) is 5.78 Å². The molecule has 0 aromatic heterocycles. The second-order valence-electron chi connectivity index (χ2n) is 5.56. The molecule has 0 saturated heterocycles. The number of rotatable bonds is 7. The molecule has 2 N–H and O–H groups in total. The van der Waals surface area contributed by atoms with E-state index in [-0.39, 0.29) is 11.7 Å². The first-order chi connectivity index (χ1) is 11.9. The van der Waals surface area contributed by atoms with Crippen LogP contribution in [0.1, 0.15) is 24.2 Å². The molecule has 0 aliphatic rings. The molecule has 25 heavy (non-hydrogen) atoms. The molecule has 0 saturated carbocycles. The number of hydrogen-bond acceptors (Lipinski definition) is 5. The lowest BCUT2D eigenvalue weighted by Crippen LogP contribution is -2.26. The Labute approximate surface area is 147 Å². The number of nitrogens with one attached hydrogen (secondary N) is 2. The van der Waals surface area contributed by atoms with Gasteiger partial charge in [-0.05, 0) is 43.3 Å². The first kappa shape index (κ1) is 18.3. The summed E-state index contributed by atoms with van der Waals surface area (Å²) in [4.78, 5) is 23.6. The van der Waals surface area contributed by atoms with Crippen LogP contribution in [-0.2, 0) is 4.79 Å². The van der Waals surface area contributed by atoms with E-state index in [1.54, 1.807) is 63.6 Å². The van der Waals surface area contributed by atoms with Gasteiger partial charge in [-0.25, -0.2) is 0 Å². The number of anilines is 2. The molecule has 0 spiro atoms. The standard InChI is InChI=1S/C19H22N2O4/c1-12(20-17-10-9-16(24-3)11-18(17)25-4)19(23)14-5-7-15(8-6-14)21-13(2)22/h5-12,20H,1-4H3,(H,21,22)/t12-/m0/s1. The summed E-state index contributed by atoms with van der Waals surface area (Å²) in [5.74, 6) is 1.06. The smallest absolute Gasteiger partial charge is 0.221 e. The van der Waals surface area contributed by atoms with Crippen molar-refractivity contribution in [2.75, 3.05) is 24.9 Å². The van der Waals surface area contributed by atoms with Crippen molar-refractivity contribution in [2.24, 2.45) is 0 Å². The lowest BCUT2D eigenvalue weighted by atomic mass is 10.0. The molecule has 6 heteroatoms. The number of amides is 1. The van der Waals surface area contributed by atoms with Crippen molar-refractivity contribution in [1.29, 1.82) is 0 Å². The predicted molar refractivity (Wildman–Crippen MR) is 97.7 cm³/mol. The highest BCUT2D eigenvalue weighted by atomic mass is 16.5. The molecule has 0 bridgehead atoms. The number of hydrogen-bond donors (Lipinski definition) is 2. The summed E-state index contributed by atoms with van der Waals surface area (Å²) < 4.78 is 10.5. The highest BCUT2D eigenvalue weighted by Gasteiger charge is 2.17. The third-order valence-corrected chi connectivity index (χ3v) is 3.66. The fourth-order valence-corrected chi connectivity index (χ4v) is 2.39. The molecule has 0 aliphatic carbocycles. The molecule has 0 heterocycles. The summed E-state index contributed by atoms with van der Waals surface area (Å²) in [6, 6.07) is 11.7. The normalized spacial score (nSPS) is 11.4. The topological polar surface area (TPSA) is 76.7 Å². The van der Waals surface area contributed by atoms with E-state index >= 15 is 0 Å². The Balaban J connectivity index is 2.11. The summed E-state index contributed by atoms with van der Waals surface area (Å²) in [5, 5.41) is 5.83. The molecule has 1 amide bonds. The first-order valence-electron chi connectivity index (χ1n) is 7.85. The Morgan fingerprint density at radius 1 is 1.00 bits per heavy atom. The van der Waals surface area contributed by atoms with Crippen LogP contribution in [-0.4, -0.2) is 32.0 Å². The Bertz CT molecular complexity index is 757. The van der Waals surface area contributed by atoms with Crippen molar-refractivity contribution in [3.8, 4) is 11.5 Å². The quantitative estimate of drug-likeness (QED) is 0.755. The third-order valence-electron chi connectivity index (χ3n) is 3.66. The Morgan fingerprint density at radius 2 is 1.68 bits per heavy atom. The summed E-state index contributed by atoms with van der Waals surface area (Å²) in [5.41, 5.74) is 1.92. The molecule has 2 aromatic rings. The highest BCUT2D eigenvalue weighted by Crippen LogP contribution is 2.29. The fourth-order valence-electron chi connectivity index (χ4n) is 2.39. The van der Waals surface area contributed by atoms with E-state index in [9.17, 15) is 9.59 Å². The molecule has 0 radical (unpaired) electrons. The average Bonchev–Trinajstić information content (AvgIpc) is 2.61. The van der Waals surface area contributed by atoms with Gasteiger partial charge in [0.25, 0.3) is 0 Å². The average molecular weight is 342 g/mol. The van der Waals surface area contributed by atoms with Gasteiger partial charge >= 0.3 is 0 Å². The number of ketones is 1. The number of carbonyl (C=O) groups excluding carboxylic acids is 2. The van der Waals surface area contributed by atoms with Crippen LogP contribution in [0.5, 0.6) is 11.5 Å². The molecule has 0 unspecified atom stereocenters. The van der Waals surface area contributed by atoms with E-state index < -0.39 is 6.04 Å². The zero-order valence-electron chi connectivity index (χ0n) is 14.8. The van der Waals surface area contributed by atoms with Gasteiger partial charge in [-0.3, -0.25) is 9.59 Å². The van der Waals surface area contributed by atoms with Crippen LogP contribution in [0.4, 0.5) is 11.4 Å². The second-order valence-corrected chi connectivity index (χ2v) is 5.56. The zero-order chi connectivity index (χ0) is 18.4. The molecule has 2 rings (SSSR count). The minimum absolute atomic E-state index is 0.0627. The van der Waals surface area contributed by atoms with Crippen molar-refractivity contribution in [3.05, 3.63) is 48.0 Å². The predicted octanol–water partition coefficient (Wildman–Crippen LogP) is 3.35. The molecule has 0 fully saturated rings. The van der Waals surface area contributed by atoms with Gasteiger partial charge in [0.1, 0.15) is 11.5 Å².